The Morgan fingerprint density at radius 3 is 2.70 bits per heavy atom. The molecule has 1 saturated carbocycles. The number of nitrogens with one attached hydrogen (secondary N) is 1. The number of thioether (sulfide) groups is 1. The van der Waals surface area contributed by atoms with Gasteiger partial charge >= 0.3 is 0 Å². The number of amides is 1. The van der Waals surface area contributed by atoms with Crippen molar-refractivity contribution in [1.82, 2.24) is 0 Å². The number of nitrogens with zero attached hydrogens (tertiary/aromatic N) is 1. The summed E-state index contributed by atoms with van der Waals surface area (Å²) in [6, 6.07) is 8.40. The SMILES string of the molecule is N#CC1(C(=O)Nc2cccc(SC(F)F)c2)CCCC1. The molecular weight excluding hydrogens is 282 g/mol. The highest BCUT2D eigenvalue weighted by Gasteiger charge is 2.41. The third-order valence-electron chi connectivity index (χ3n) is 3.42. The van der Waals surface area contributed by atoms with Crippen molar-refractivity contribution < 1.29 is 13.6 Å². The van der Waals surface area contributed by atoms with Crippen molar-refractivity contribution in [3.63, 3.8) is 0 Å². The van der Waals surface area contributed by atoms with Crippen LogP contribution in [0.1, 0.15) is 25.7 Å². The lowest BCUT2D eigenvalue weighted by molar-refractivity contribution is -0.122. The second-order valence-corrected chi connectivity index (χ2v) is 5.82. The Bertz CT molecular complexity index is 536. The summed E-state index contributed by atoms with van der Waals surface area (Å²) in [4.78, 5) is 12.6. The Balaban J connectivity index is 2.10. The van der Waals surface area contributed by atoms with Crippen molar-refractivity contribution in [3.05, 3.63) is 24.3 Å². The van der Waals surface area contributed by atoms with Gasteiger partial charge in [-0.1, -0.05) is 30.7 Å². The summed E-state index contributed by atoms with van der Waals surface area (Å²) in [6.07, 6.45) is 2.84. The molecule has 0 spiro atoms. The molecule has 1 fully saturated rings. The topological polar surface area (TPSA) is 52.9 Å². The molecule has 1 aromatic carbocycles. The zero-order valence-electron chi connectivity index (χ0n) is 10.7. The third kappa shape index (κ3) is 3.28. The van der Waals surface area contributed by atoms with Gasteiger partial charge in [0.1, 0.15) is 5.41 Å². The Morgan fingerprint density at radius 1 is 1.40 bits per heavy atom. The number of alkyl halides is 2. The number of nitriles is 1. The molecule has 2 rings (SSSR count). The first-order valence-corrected chi connectivity index (χ1v) is 7.21. The summed E-state index contributed by atoms with van der Waals surface area (Å²) in [5, 5.41) is 11.9. The highest BCUT2D eigenvalue weighted by atomic mass is 32.2. The molecule has 0 radical (unpaired) electrons. The molecule has 0 saturated heterocycles. The van der Waals surface area contributed by atoms with Crippen molar-refractivity contribution in [2.45, 2.75) is 36.3 Å². The van der Waals surface area contributed by atoms with E-state index in [-0.39, 0.29) is 5.91 Å². The Morgan fingerprint density at radius 2 is 2.10 bits per heavy atom. The zero-order chi connectivity index (χ0) is 14.6. The second kappa shape index (κ2) is 6.23. The van der Waals surface area contributed by atoms with E-state index in [0.29, 0.717) is 35.2 Å². The summed E-state index contributed by atoms with van der Waals surface area (Å²) < 4.78 is 24.6. The van der Waals surface area contributed by atoms with Gasteiger partial charge in [-0.3, -0.25) is 4.79 Å². The fraction of sp³-hybridized carbons (Fsp3) is 0.429. The van der Waals surface area contributed by atoms with Crippen molar-refractivity contribution in [2.75, 3.05) is 5.32 Å². The van der Waals surface area contributed by atoms with Crippen molar-refractivity contribution in [2.24, 2.45) is 5.41 Å². The van der Waals surface area contributed by atoms with E-state index in [2.05, 4.69) is 11.4 Å². The number of rotatable bonds is 4. The molecule has 106 valence electrons. The predicted molar refractivity (Wildman–Crippen MR) is 73.4 cm³/mol. The van der Waals surface area contributed by atoms with Crippen LogP contribution in [0.2, 0.25) is 0 Å². The fourth-order valence-electron chi connectivity index (χ4n) is 2.37. The van der Waals surface area contributed by atoms with E-state index in [0.717, 1.165) is 12.8 Å². The smallest absolute Gasteiger partial charge is 0.288 e. The highest BCUT2D eigenvalue weighted by molar-refractivity contribution is 7.99. The second-order valence-electron chi connectivity index (χ2n) is 4.76. The van der Waals surface area contributed by atoms with Crippen LogP contribution >= 0.6 is 11.8 Å². The van der Waals surface area contributed by atoms with Crippen LogP contribution < -0.4 is 5.32 Å². The lowest BCUT2D eigenvalue weighted by Gasteiger charge is -2.19. The Hall–Kier alpha value is -1.61. The van der Waals surface area contributed by atoms with Gasteiger partial charge in [0.2, 0.25) is 5.91 Å². The molecule has 0 unspecified atom stereocenters. The molecule has 0 bridgehead atoms. The van der Waals surface area contributed by atoms with Crippen LogP contribution in [0.3, 0.4) is 0 Å². The van der Waals surface area contributed by atoms with Crippen LogP contribution in [-0.4, -0.2) is 11.7 Å². The molecule has 1 aliphatic carbocycles. The van der Waals surface area contributed by atoms with E-state index < -0.39 is 11.2 Å². The van der Waals surface area contributed by atoms with Gasteiger partial charge in [-0.2, -0.15) is 14.0 Å². The molecule has 6 heteroatoms. The van der Waals surface area contributed by atoms with E-state index in [4.69, 9.17) is 0 Å². The number of carbonyl (C=O) groups is 1. The average Bonchev–Trinajstić information content (AvgIpc) is 2.88. The predicted octanol–water partition coefficient (Wildman–Crippen LogP) is 4.02. The number of carbonyl (C=O) groups excluding carboxylic acids is 1. The quantitative estimate of drug-likeness (QED) is 0.854. The minimum Gasteiger partial charge on any atom is -0.325 e. The van der Waals surface area contributed by atoms with Crippen LogP contribution in [0.15, 0.2) is 29.2 Å². The van der Waals surface area contributed by atoms with Crippen LogP contribution in [-0.2, 0) is 4.79 Å². The first-order valence-electron chi connectivity index (χ1n) is 6.33. The zero-order valence-corrected chi connectivity index (χ0v) is 11.6. The molecule has 0 aliphatic heterocycles. The molecule has 1 aliphatic rings. The summed E-state index contributed by atoms with van der Waals surface area (Å²) in [5.41, 5.74) is -0.520. The highest BCUT2D eigenvalue weighted by Crippen LogP contribution is 2.38. The van der Waals surface area contributed by atoms with E-state index >= 15 is 0 Å². The number of hydrogen-bond donors (Lipinski definition) is 1. The summed E-state index contributed by atoms with van der Waals surface area (Å²) in [6.45, 7) is 0. The van der Waals surface area contributed by atoms with Gasteiger partial charge in [-0.05, 0) is 31.0 Å². The molecule has 1 N–H and O–H groups in total. The van der Waals surface area contributed by atoms with E-state index in [9.17, 15) is 18.8 Å². The summed E-state index contributed by atoms with van der Waals surface area (Å²) in [7, 11) is 0. The fourth-order valence-corrected chi connectivity index (χ4v) is 2.93. The minimum absolute atomic E-state index is 0.336. The van der Waals surface area contributed by atoms with Gasteiger partial charge in [0.25, 0.3) is 5.76 Å². The van der Waals surface area contributed by atoms with Crippen LogP contribution in [0, 0.1) is 16.7 Å². The van der Waals surface area contributed by atoms with E-state index in [1.807, 2.05) is 0 Å². The molecule has 1 aromatic rings. The lowest BCUT2D eigenvalue weighted by Crippen LogP contribution is -2.32. The van der Waals surface area contributed by atoms with Gasteiger partial charge in [0.05, 0.1) is 6.07 Å². The molecule has 0 atom stereocenters. The maximum atomic E-state index is 12.3. The standard InChI is InChI=1S/C14H14F2N2OS/c15-13(16)20-11-5-3-4-10(8-11)18-12(19)14(9-17)6-1-2-7-14/h3-5,8,13H,1-2,6-7H2,(H,18,19). The Labute approximate surface area is 120 Å². The number of benzene rings is 1. The third-order valence-corrected chi connectivity index (χ3v) is 4.13. The van der Waals surface area contributed by atoms with Crippen LogP contribution in [0.25, 0.3) is 0 Å². The monoisotopic (exact) mass is 296 g/mol. The normalized spacial score (nSPS) is 16.9. The van der Waals surface area contributed by atoms with Crippen molar-refractivity contribution in [3.8, 4) is 6.07 Å². The maximum Gasteiger partial charge on any atom is 0.288 e. The summed E-state index contributed by atoms with van der Waals surface area (Å²) in [5.74, 6) is -2.84. The molecule has 0 aromatic heterocycles. The average molecular weight is 296 g/mol. The molecule has 1 amide bonds. The number of hydrogen-bond acceptors (Lipinski definition) is 3. The van der Waals surface area contributed by atoms with Crippen LogP contribution in [0.5, 0.6) is 0 Å². The maximum absolute atomic E-state index is 12.3. The molecular formula is C14H14F2N2OS. The van der Waals surface area contributed by atoms with Gasteiger partial charge in [-0.25, -0.2) is 0 Å². The van der Waals surface area contributed by atoms with Gasteiger partial charge in [0, 0.05) is 10.6 Å². The number of anilines is 1. The van der Waals surface area contributed by atoms with Crippen LogP contribution in [0.4, 0.5) is 14.5 Å². The van der Waals surface area contributed by atoms with Gasteiger partial charge in [0.15, 0.2) is 0 Å². The Kier molecular flexibility index (Phi) is 4.61. The van der Waals surface area contributed by atoms with Gasteiger partial charge in [-0.15, -0.1) is 0 Å². The lowest BCUT2D eigenvalue weighted by atomic mass is 9.87. The largest absolute Gasteiger partial charge is 0.325 e. The van der Waals surface area contributed by atoms with E-state index in [1.54, 1.807) is 18.2 Å². The first-order chi connectivity index (χ1) is 9.55. The minimum atomic E-state index is -2.50. The van der Waals surface area contributed by atoms with Crippen molar-refractivity contribution in [1.29, 1.82) is 5.26 Å². The summed E-state index contributed by atoms with van der Waals surface area (Å²) >= 11 is 0.427. The number of halogens is 2. The van der Waals surface area contributed by atoms with E-state index in [1.165, 1.54) is 6.07 Å². The molecule has 0 heterocycles. The van der Waals surface area contributed by atoms with Gasteiger partial charge < -0.3 is 5.32 Å². The first kappa shape index (κ1) is 14.8. The van der Waals surface area contributed by atoms with Crippen molar-refractivity contribution >= 4 is 23.4 Å². The molecule has 3 nitrogen and oxygen atoms in total. The molecule has 20 heavy (non-hydrogen) atoms.